The summed E-state index contributed by atoms with van der Waals surface area (Å²) < 4.78 is 6.27. The Morgan fingerprint density at radius 3 is 2.88 bits per heavy atom. The van der Waals surface area contributed by atoms with Crippen LogP contribution in [0.2, 0.25) is 0 Å². The SMILES string of the molecule is CCOC(=O)c1c2ccccc2cc[n+]1N. The molecule has 0 bridgehead atoms. The zero-order valence-corrected chi connectivity index (χ0v) is 9.01. The molecule has 2 rings (SSSR count). The third-order valence-electron chi connectivity index (χ3n) is 2.36. The maximum Gasteiger partial charge on any atom is 0.407 e. The van der Waals surface area contributed by atoms with E-state index >= 15 is 0 Å². The topological polar surface area (TPSA) is 56.2 Å². The number of pyridine rings is 1. The van der Waals surface area contributed by atoms with Gasteiger partial charge in [-0.05, 0) is 18.4 Å². The van der Waals surface area contributed by atoms with Crippen LogP contribution in [-0.2, 0) is 4.74 Å². The molecule has 1 aromatic heterocycles. The largest absolute Gasteiger partial charge is 0.458 e. The molecule has 0 fully saturated rings. The summed E-state index contributed by atoms with van der Waals surface area (Å²) in [6, 6.07) is 9.42. The second-order valence-corrected chi connectivity index (χ2v) is 3.38. The van der Waals surface area contributed by atoms with Crippen molar-refractivity contribution < 1.29 is 14.2 Å². The first-order valence-corrected chi connectivity index (χ1v) is 5.09. The third-order valence-corrected chi connectivity index (χ3v) is 2.36. The van der Waals surface area contributed by atoms with E-state index in [-0.39, 0.29) is 0 Å². The summed E-state index contributed by atoms with van der Waals surface area (Å²) in [6.45, 7) is 2.10. The number of ether oxygens (including phenoxy) is 1. The van der Waals surface area contributed by atoms with Gasteiger partial charge < -0.3 is 4.74 Å². The molecule has 1 aromatic carbocycles. The van der Waals surface area contributed by atoms with Crippen molar-refractivity contribution in [3.8, 4) is 0 Å². The monoisotopic (exact) mass is 217 g/mol. The minimum atomic E-state index is -0.401. The van der Waals surface area contributed by atoms with Crippen molar-refractivity contribution in [3.05, 3.63) is 42.2 Å². The van der Waals surface area contributed by atoms with Gasteiger partial charge in [0, 0.05) is 6.07 Å². The number of nitrogens with zero attached hydrogens (tertiary/aromatic N) is 1. The van der Waals surface area contributed by atoms with Gasteiger partial charge in [0.05, 0.1) is 12.0 Å². The highest BCUT2D eigenvalue weighted by Gasteiger charge is 2.23. The van der Waals surface area contributed by atoms with Crippen molar-refractivity contribution in [2.45, 2.75) is 6.92 Å². The van der Waals surface area contributed by atoms with Gasteiger partial charge in [-0.1, -0.05) is 22.9 Å². The third kappa shape index (κ3) is 1.69. The van der Waals surface area contributed by atoms with E-state index in [0.717, 1.165) is 10.8 Å². The first kappa shape index (κ1) is 10.4. The van der Waals surface area contributed by atoms with E-state index in [1.165, 1.54) is 4.68 Å². The van der Waals surface area contributed by atoms with Crippen molar-refractivity contribution >= 4 is 16.7 Å². The number of nitrogen functional groups attached to an aromatic ring is 1. The molecule has 4 nitrogen and oxygen atoms in total. The molecule has 2 aromatic rings. The predicted molar refractivity (Wildman–Crippen MR) is 60.2 cm³/mol. The van der Waals surface area contributed by atoms with Gasteiger partial charge in [0.15, 0.2) is 0 Å². The summed E-state index contributed by atoms with van der Waals surface area (Å²) in [7, 11) is 0. The average Bonchev–Trinajstić information content (AvgIpc) is 2.29. The highest BCUT2D eigenvalue weighted by molar-refractivity contribution is 6.00. The molecule has 1 heterocycles. The van der Waals surface area contributed by atoms with E-state index in [2.05, 4.69) is 0 Å². The molecule has 0 amide bonds. The van der Waals surface area contributed by atoms with Gasteiger partial charge >= 0.3 is 11.7 Å². The minimum absolute atomic E-state index is 0.335. The van der Waals surface area contributed by atoms with Gasteiger partial charge in [0.2, 0.25) is 6.20 Å². The van der Waals surface area contributed by atoms with Crippen molar-refractivity contribution in [1.29, 1.82) is 0 Å². The fourth-order valence-corrected chi connectivity index (χ4v) is 1.65. The molecule has 0 unspecified atom stereocenters. The number of fused-ring (bicyclic) bond motifs is 1. The molecule has 0 spiro atoms. The fourth-order valence-electron chi connectivity index (χ4n) is 1.65. The summed E-state index contributed by atoms with van der Waals surface area (Å²) in [6.07, 6.45) is 1.65. The predicted octanol–water partition coefficient (Wildman–Crippen LogP) is 1.02. The second-order valence-electron chi connectivity index (χ2n) is 3.38. The molecule has 0 aliphatic carbocycles. The van der Waals surface area contributed by atoms with E-state index in [0.29, 0.717) is 12.3 Å². The lowest BCUT2D eigenvalue weighted by atomic mass is 10.1. The number of carbonyl (C=O) groups is 1. The summed E-state index contributed by atoms with van der Waals surface area (Å²) in [5.74, 6) is 5.33. The lowest BCUT2D eigenvalue weighted by Crippen LogP contribution is -2.49. The first-order valence-electron chi connectivity index (χ1n) is 5.09. The first-order chi connectivity index (χ1) is 7.74. The van der Waals surface area contributed by atoms with Gasteiger partial charge in [0.25, 0.3) is 0 Å². The van der Waals surface area contributed by atoms with Crippen LogP contribution < -0.4 is 10.5 Å². The van der Waals surface area contributed by atoms with E-state index in [9.17, 15) is 4.79 Å². The van der Waals surface area contributed by atoms with E-state index in [1.807, 2.05) is 30.3 Å². The second kappa shape index (κ2) is 4.18. The Labute approximate surface area is 93.2 Å². The summed E-state index contributed by atoms with van der Waals surface area (Å²) in [5.41, 5.74) is 0.375. The molecule has 0 saturated carbocycles. The molecular formula is C12H13N2O2+. The van der Waals surface area contributed by atoms with Gasteiger partial charge in [-0.25, -0.2) is 10.6 Å². The summed E-state index contributed by atoms with van der Waals surface area (Å²) in [5, 5.41) is 1.76. The number of rotatable bonds is 2. The molecule has 0 radical (unpaired) electrons. The molecular weight excluding hydrogens is 204 g/mol. The number of esters is 1. The van der Waals surface area contributed by atoms with Gasteiger partial charge in [-0.15, -0.1) is 0 Å². The number of carbonyl (C=O) groups excluding carboxylic acids is 1. The van der Waals surface area contributed by atoms with Crippen LogP contribution in [0.4, 0.5) is 0 Å². The van der Waals surface area contributed by atoms with Crippen LogP contribution in [0.1, 0.15) is 17.4 Å². The van der Waals surface area contributed by atoms with Crippen LogP contribution in [0.5, 0.6) is 0 Å². The molecule has 4 heteroatoms. The lowest BCUT2D eigenvalue weighted by Gasteiger charge is -2.02. The Kier molecular flexibility index (Phi) is 2.72. The van der Waals surface area contributed by atoms with Crippen LogP contribution in [0.15, 0.2) is 36.5 Å². The number of aromatic nitrogens is 1. The zero-order valence-electron chi connectivity index (χ0n) is 9.01. The van der Waals surface area contributed by atoms with Crippen molar-refractivity contribution in [2.24, 2.45) is 0 Å². The Morgan fingerprint density at radius 1 is 1.38 bits per heavy atom. The standard InChI is InChI=1S/C12H12N2O2/c1-2-16-12(15)11-10-6-4-3-5-9(10)7-8-14(11)13/h3-8H,2H2,1H3,(H-,13,15)/p+1. The molecule has 0 aliphatic heterocycles. The van der Waals surface area contributed by atoms with E-state index < -0.39 is 5.97 Å². The Balaban J connectivity index is 2.66. The normalized spacial score (nSPS) is 10.3. The number of nitrogens with two attached hydrogens (primary N) is 1. The minimum Gasteiger partial charge on any atom is -0.458 e. The fraction of sp³-hybridized carbons (Fsp3) is 0.167. The van der Waals surface area contributed by atoms with Crippen molar-refractivity contribution in [1.82, 2.24) is 0 Å². The number of benzene rings is 1. The molecule has 16 heavy (non-hydrogen) atoms. The Bertz CT molecular complexity index is 538. The van der Waals surface area contributed by atoms with E-state index in [4.69, 9.17) is 10.6 Å². The maximum absolute atomic E-state index is 11.8. The van der Waals surface area contributed by atoms with Crippen LogP contribution in [-0.4, -0.2) is 12.6 Å². The highest BCUT2D eigenvalue weighted by atomic mass is 16.5. The van der Waals surface area contributed by atoms with Crippen molar-refractivity contribution in [3.63, 3.8) is 0 Å². The van der Waals surface area contributed by atoms with Crippen LogP contribution in [0.25, 0.3) is 10.8 Å². The molecule has 82 valence electrons. The van der Waals surface area contributed by atoms with Gasteiger partial charge in [-0.3, -0.25) is 0 Å². The van der Waals surface area contributed by atoms with Crippen LogP contribution in [0, 0.1) is 0 Å². The molecule has 0 saturated heterocycles. The quantitative estimate of drug-likeness (QED) is 0.464. The Hall–Kier alpha value is -2.10. The Morgan fingerprint density at radius 2 is 2.12 bits per heavy atom. The van der Waals surface area contributed by atoms with Crippen LogP contribution in [0.3, 0.4) is 0 Å². The molecule has 0 atom stereocenters. The molecule has 0 aliphatic rings. The van der Waals surface area contributed by atoms with Crippen molar-refractivity contribution in [2.75, 3.05) is 12.4 Å². The number of hydrogen-bond acceptors (Lipinski definition) is 3. The van der Waals surface area contributed by atoms with Crippen LogP contribution >= 0.6 is 0 Å². The summed E-state index contributed by atoms with van der Waals surface area (Å²) >= 11 is 0. The lowest BCUT2D eigenvalue weighted by molar-refractivity contribution is -0.640. The smallest absolute Gasteiger partial charge is 0.407 e. The van der Waals surface area contributed by atoms with Gasteiger partial charge in [0.1, 0.15) is 0 Å². The maximum atomic E-state index is 11.8. The van der Waals surface area contributed by atoms with E-state index in [1.54, 1.807) is 13.1 Å². The van der Waals surface area contributed by atoms with Gasteiger partial charge in [-0.2, -0.15) is 0 Å². The number of hydrogen-bond donors (Lipinski definition) is 1. The average molecular weight is 217 g/mol. The molecule has 2 N–H and O–H groups in total. The summed E-state index contributed by atoms with van der Waals surface area (Å²) in [4.78, 5) is 11.8. The zero-order chi connectivity index (χ0) is 11.5. The highest BCUT2D eigenvalue weighted by Crippen LogP contribution is 2.15.